The van der Waals surface area contributed by atoms with E-state index in [-0.39, 0.29) is 23.5 Å². The Morgan fingerprint density at radius 2 is 1.96 bits per heavy atom. The first-order valence-electron chi connectivity index (χ1n) is 9.22. The summed E-state index contributed by atoms with van der Waals surface area (Å²) in [5.74, 6) is 0.160. The Balaban J connectivity index is 2.18. The van der Waals surface area contributed by atoms with Crippen LogP contribution >= 0.6 is 11.6 Å². The highest BCUT2D eigenvalue weighted by Gasteiger charge is 2.62. The van der Waals surface area contributed by atoms with Crippen molar-refractivity contribution >= 4 is 23.4 Å². The zero-order valence-electron chi connectivity index (χ0n) is 16.1. The Kier molecular flexibility index (Phi) is 4.85. The van der Waals surface area contributed by atoms with E-state index in [9.17, 15) is 9.59 Å². The second-order valence-electron chi connectivity index (χ2n) is 8.00. The van der Waals surface area contributed by atoms with Crippen molar-refractivity contribution in [1.29, 1.82) is 0 Å². The molecule has 0 aliphatic heterocycles. The van der Waals surface area contributed by atoms with Gasteiger partial charge in [0.05, 0.1) is 14.2 Å². The van der Waals surface area contributed by atoms with Crippen molar-refractivity contribution in [2.24, 2.45) is 5.92 Å². The number of esters is 1. The molecule has 26 heavy (non-hydrogen) atoms. The third-order valence-electron chi connectivity index (χ3n) is 6.42. The number of Topliss-reactive ketones (excluding diaryl/α,β-unsaturated/α-hetero) is 1. The Bertz CT molecular complexity index is 747. The Hall–Kier alpha value is -1.55. The lowest BCUT2D eigenvalue weighted by Gasteiger charge is -2.51. The lowest BCUT2D eigenvalue weighted by molar-refractivity contribution is -0.153. The predicted molar refractivity (Wildman–Crippen MR) is 101 cm³/mol. The van der Waals surface area contributed by atoms with Crippen molar-refractivity contribution in [3.63, 3.8) is 0 Å². The van der Waals surface area contributed by atoms with E-state index < -0.39 is 10.8 Å². The van der Waals surface area contributed by atoms with Gasteiger partial charge in [-0.05, 0) is 47.3 Å². The summed E-state index contributed by atoms with van der Waals surface area (Å²) in [7, 11) is 3.00. The number of ether oxygens (including phenoxy) is 2. The third kappa shape index (κ3) is 2.49. The highest BCUT2D eigenvalue weighted by Crippen LogP contribution is 2.56. The fraction of sp³-hybridized carbons (Fsp3) is 0.619. The summed E-state index contributed by atoms with van der Waals surface area (Å²) in [6.45, 7) is 6.42. The monoisotopic (exact) mass is 378 g/mol. The average molecular weight is 379 g/mol. The van der Waals surface area contributed by atoms with E-state index in [1.807, 2.05) is 0 Å². The van der Waals surface area contributed by atoms with Crippen LogP contribution in [0.3, 0.4) is 0 Å². The minimum Gasteiger partial charge on any atom is -0.496 e. The van der Waals surface area contributed by atoms with Gasteiger partial charge in [-0.3, -0.25) is 4.79 Å². The van der Waals surface area contributed by atoms with Gasteiger partial charge in [0.15, 0.2) is 5.78 Å². The summed E-state index contributed by atoms with van der Waals surface area (Å²) < 4.78 is 10.7. The second-order valence-corrected chi connectivity index (χ2v) is 8.60. The molecule has 1 fully saturated rings. The van der Waals surface area contributed by atoms with Gasteiger partial charge in [0.1, 0.15) is 5.75 Å². The number of halogens is 1. The van der Waals surface area contributed by atoms with Crippen molar-refractivity contribution in [2.45, 2.75) is 62.7 Å². The molecule has 1 saturated carbocycles. The van der Waals surface area contributed by atoms with Crippen LogP contribution in [0.5, 0.6) is 5.75 Å². The molecule has 0 heterocycles. The molecule has 4 nitrogen and oxygen atoms in total. The number of alkyl halides is 1. The van der Waals surface area contributed by atoms with E-state index in [1.54, 1.807) is 7.11 Å². The number of benzene rings is 1. The predicted octanol–water partition coefficient (Wildman–Crippen LogP) is 4.15. The molecule has 5 heteroatoms. The summed E-state index contributed by atoms with van der Waals surface area (Å²) in [6, 6.07) is 4.25. The normalized spacial score (nSPS) is 30.6. The highest BCUT2D eigenvalue weighted by atomic mass is 35.5. The number of ketones is 1. The van der Waals surface area contributed by atoms with Crippen LogP contribution in [0.15, 0.2) is 12.1 Å². The van der Waals surface area contributed by atoms with Crippen LogP contribution in [0.1, 0.15) is 62.6 Å². The molecule has 0 aromatic heterocycles. The number of hydrogen-bond acceptors (Lipinski definition) is 4. The molecule has 2 aliphatic rings. The summed E-state index contributed by atoms with van der Waals surface area (Å²) in [5, 5.41) is 0. The van der Waals surface area contributed by atoms with Gasteiger partial charge < -0.3 is 9.47 Å². The molecule has 0 radical (unpaired) electrons. The molecular formula is C21H27ClO4. The van der Waals surface area contributed by atoms with E-state index >= 15 is 0 Å². The minimum atomic E-state index is -1.59. The quantitative estimate of drug-likeness (QED) is 0.450. The molecule has 0 amide bonds. The van der Waals surface area contributed by atoms with Crippen molar-refractivity contribution in [1.82, 2.24) is 0 Å². The third-order valence-corrected chi connectivity index (χ3v) is 7.05. The number of hydrogen-bond donors (Lipinski definition) is 0. The molecule has 142 valence electrons. The standard InChI is InChI=1S/C21H27ClO4/c1-12(2)13-6-8-15-14(18(13)25-4)7-9-16-20(15,3)11-10-17(23)21(16,22)19(24)26-5/h6,8,12,16H,7,9-11H2,1-5H3/t16-,20-,21-/m1/s1. The maximum absolute atomic E-state index is 12.6. The molecule has 0 bridgehead atoms. The first-order chi connectivity index (χ1) is 12.2. The van der Waals surface area contributed by atoms with E-state index in [0.29, 0.717) is 18.8 Å². The molecule has 0 spiro atoms. The summed E-state index contributed by atoms with van der Waals surface area (Å²) >= 11 is 6.71. The first kappa shape index (κ1) is 19.2. The molecule has 2 aliphatic carbocycles. The molecule has 0 saturated heterocycles. The lowest BCUT2D eigenvalue weighted by Crippen LogP contribution is -2.60. The van der Waals surface area contributed by atoms with Gasteiger partial charge >= 0.3 is 5.97 Å². The van der Waals surface area contributed by atoms with Crippen LogP contribution in [-0.2, 0) is 26.2 Å². The smallest absolute Gasteiger partial charge is 0.334 e. The number of fused-ring (bicyclic) bond motifs is 3. The maximum atomic E-state index is 12.6. The molecular weight excluding hydrogens is 352 g/mol. The number of carbonyl (C=O) groups is 2. The Labute approximate surface area is 160 Å². The summed E-state index contributed by atoms with van der Waals surface area (Å²) in [4.78, 5) is 23.5. The van der Waals surface area contributed by atoms with Crippen LogP contribution in [-0.4, -0.2) is 30.8 Å². The highest BCUT2D eigenvalue weighted by molar-refractivity contribution is 6.46. The molecule has 3 atom stereocenters. The van der Waals surface area contributed by atoms with Gasteiger partial charge in [-0.15, -0.1) is 0 Å². The maximum Gasteiger partial charge on any atom is 0.334 e. The SMILES string of the molecule is COC(=O)[C@]1(Cl)C(=O)CC[C@]2(C)c3ccc(C(C)C)c(OC)c3CC[C@@H]12. The van der Waals surface area contributed by atoms with E-state index in [2.05, 4.69) is 32.9 Å². The van der Waals surface area contributed by atoms with Crippen LogP contribution in [0.2, 0.25) is 0 Å². The zero-order valence-corrected chi connectivity index (χ0v) is 16.9. The lowest BCUT2D eigenvalue weighted by atomic mass is 9.54. The van der Waals surface area contributed by atoms with Crippen molar-refractivity contribution < 1.29 is 19.1 Å². The first-order valence-corrected chi connectivity index (χ1v) is 9.60. The second kappa shape index (κ2) is 6.56. The molecule has 1 aromatic rings. The van der Waals surface area contributed by atoms with Gasteiger partial charge in [0.25, 0.3) is 0 Å². The largest absolute Gasteiger partial charge is 0.496 e. The van der Waals surface area contributed by atoms with Crippen LogP contribution in [0, 0.1) is 5.92 Å². The van der Waals surface area contributed by atoms with Crippen molar-refractivity contribution in [3.8, 4) is 5.75 Å². The van der Waals surface area contributed by atoms with Crippen LogP contribution < -0.4 is 4.74 Å². The zero-order chi connectivity index (χ0) is 19.3. The molecule has 0 N–H and O–H groups in total. The van der Waals surface area contributed by atoms with E-state index in [4.69, 9.17) is 21.1 Å². The van der Waals surface area contributed by atoms with Crippen molar-refractivity contribution in [2.75, 3.05) is 14.2 Å². The molecule has 1 aromatic carbocycles. The van der Waals surface area contributed by atoms with E-state index in [0.717, 1.165) is 17.7 Å². The topological polar surface area (TPSA) is 52.6 Å². The fourth-order valence-corrected chi connectivity index (χ4v) is 5.54. The minimum absolute atomic E-state index is 0.220. The number of rotatable bonds is 3. The average Bonchev–Trinajstić information content (AvgIpc) is 2.63. The Morgan fingerprint density at radius 1 is 1.27 bits per heavy atom. The van der Waals surface area contributed by atoms with E-state index in [1.165, 1.54) is 18.2 Å². The van der Waals surface area contributed by atoms with Crippen LogP contribution in [0.4, 0.5) is 0 Å². The summed E-state index contributed by atoms with van der Waals surface area (Å²) in [6.07, 6.45) is 2.35. The van der Waals surface area contributed by atoms with Gasteiger partial charge in [-0.25, -0.2) is 4.79 Å². The Morgan fingerprint density at radius 3 is 2.54 bits per heavy atom. The van der Waals surface area contributed by atoms with Gasteiger partial charge in [-0.1, -0.05) is 44.5 Å². The molecule has 0 unspecified atom stereocenters. The summed E-state index contributed by atoms with van der Waals surface area (Å²) in [5.41, 5.74) is 3.16. The van der Waals surface area contributed by atoms with Crippen molar-refractivity contribution in [3.05, 3.63) is 28.8 Å². The van der Waals surface area contributed by atoms with Crippen LogP contribution in [0.25, 0.3) is 0 Å². The van der Waals surface area contributed by atoms with Gasteiger partial charge in [-0.2, -0.15) is 0 Å². The molecule has 3 rings (SSSR count). The number of methoxy groups -OCH3 is 2. The van der Waals surface area contributed by atoms with Gasteiger partial charge in [0.2, 0.25) is 4.87 Å². The number of carbonyl (C=O) groups excluding carboxylic acids is 2. The fourth-order valence-electron chi connectivity index (χ4n) is 5.02. The van der Waals surface area contributed by atoms with Gasteiger partial charge in [0, 0.05) is 12.3 Å².